The number of likely N-dealkylation sites (N-methyl/N-ethyl adjacent to an activating group) is 1. The van der Waals surface area contributed by atoms with E-state index in [1.54, 1.807) is 13.3 Å². The minimum absolute atomic E-state index is 0.0242. The predicted octanol–water partition coefficient (Wildman–Crippen LogP) is 1.03. The third-order valence-corrected chi connectivity index (χ3v) is 8.37. The molecular formula is C25H37N5O4. The first kappa shape index (κ1) is 23.5. The molecule has 4 saturated heterocycles. The van der Waals surface area contributed by atoms with Crippen LogP contribution in [0.25, 0.3) is 0 Å². The quantitative estimate of drug-likeness (QED) is 0.686. The number of carbonyl (C=O) groups is 2. The summed E-state index contributed by atoms with van der Waals surface area (Å²) in [6.45, 7) is 4.64. The Labute approximate surface area is 201 Å². The average molecular weight is 472 g/mol. The normalized spacial score (nSPS) is 28.1. The highest BCUT2D eigenvalue weighted by Gasteiger charge is 2.49. The number of amides is 2. The number of ether oxygens (including phenoxy) is 2. The molecule has 5 heterocycles. The van der Waals surface area contributed by atoms with E-state index in [1.165, 1.54) is 0 Å². The van der Waals surface area contributed by atoms with Crippen LogP contribution < -0.4 is 10.1 Å². The number of fused-ring (bicyclic) bond motifs is 1. The van der Waals surface area contributed by atoms with Gasteiger partial charge >= 0.3 is 0 Å². The van der Waals surface area contributed by atoms with Crippen LogP contribution in [0.1, 0.15) is 44.1 Å². The Morgan fingerprint density at radius 2 is 2.00 bits per heavy atom. The molecule has 0 aromatic carbocycles. The Bertz CT molecular complexity index is 869. The molecule has 2 amide bonds. The number of hydrogen-bond donors (Lipinski definition) is 1. The lowest BCUT2D eigenvalue weighted by atomic mass is 9.84. The SMILES string of the molecule is COc1ncccc1CN1CCC2(CC1)CC(=O)N1C[C@@H](N(C)C3CCOCC3)C[C@H]1C(=O)N2. The highest BCUT2D eigenvalue weighted by Crippen LogP contribution is 2.34. The summed E-state index contributed by atoms with van der Waals surface area (Å²) in [7, 11) is 3.78. The van der Waals surface area contributed by atoms with Gasteiger partial charge in [0.25, 0.3) is 0 Å². The molecule has 4 fully saturated rings. The fraction of sp³-hybridized carbons (Fsp3) is 0.720. The van der Waals surface area contributed by atoms with Crippen molar-refractivity contribution in [3.05, 3.63) is 23.9 Å². The molecule has 4 aliphatic heterocycles. The van der Waals surface area contributed by atoms with Crippen LogP contribution in [-0.2, 0) is 20.9 Å². The van der Waals surface area contributed by atoms with Gasteiger partial charge in [-0.3, -0.25) is 19.4 Å². The lowest BCUT2D eigenvalue weighted by molar-refractivity contribution is -0.135. The van der Waals surface area contributed by atoms with Crippen molar-refractivity contribution < 1.29 is 19.1 Å². The number of aromatic nitrogens is 1. The van der Waals surface area contributed by atoms with E-state index in [0.717, 1.165) is 64.1 Å². The topological polar surface area (TPSA) is 87.2 Å². The van der Waals surface area contributed by atoms with E-state index in [2.05, 4.69) is 27.1 Å². The van der Waals surface area contributed by atoms with E-state index in [-0.39, 0.29) is 23.9 Å². The van der Waals surface area contributed by atoms with Gasteiger partial charge in [0.15, 0.2) is 0 Å². The van der Waals surface area contributed by atoms with Gasteiger partial charge in [0, 0.05) is 63.2 Å². The zero-order valence-electron chi connectivity index (χ0n) is 20.4. The number of rotatable bonds is 5. The van der Waals surface area contributed by atoms with E-state index in [9.17, 15) is 9.59 Å². The number of hydrogen-bond acceptors (Lipinski definition) is 7. The van der Waals surface area contributed by atoms with Crippen LogP contribution in [0.4, 0.5) is 0 Å². The van der Waals surface area contributed by atoms with Crippen molar-refractivity contribution in [2.45, 2.75) is 68.7 Å². The van der Waals surface area contributed by atoms with E-state index < -0.39 is 5.54 Å². The molecule has 186 valence electrons. The first-order valence-corrected chi connectivity index (χ1v) is 12.6. The third kappa shape index (κ3) is 4.65. The number of methoxy groups -OCH3 is 1. The van der Waals surface area contributed by atoms with Crippen LogP contribution in [0.2, 0.25) is 0 Å². The fourth-order valence-corrected chi connectivity index (χ4v) is 6.21. The minimum atomic E-state index is -0.434. The number of nitrogens with one attached hydrogen (secondary N) is 1. The molecule has 0 unspecified atom stereocenters. The second-order valence-electron chi connectivity index (χ2n) is 10.4. The van der Waals surface area contributed by atoms with E-state index in [1.807, 2.05) is 17.0 Å². The van der Waals surface area contributed by atoms with Crippen LogP contribution in [0.5, 0.6) is 5.88 Å². The Morgan fingerprint density at radius 1 is 1.24 bits per heavy atom. The maximum Gasteiger partial charge on any atom is 0.243 e. The Kier molecular flexibility index (Phi) is 6.77. The van der Waals surface area contributed by atoms with Gasteiger partial charge in [-0.25, -0.2) is 4.98 Å². The molecule has 34 heavy (non-hydrogen) atoms. The molecule has 1 N–H and O–H groups in total. The van der Waals surface area contributed by atoms with Crippen molar-refractivity contribution in [1.82, 2.24) is 25.0 Å². The van der Waals surface area contributed by atoms with Gasteiger partial charge in [-0.2, -0.15) is 0 Å². The molecule has 0 radical (unpaired) electrons. The van der Waals surface area contributed by atoms with Crippen molar-refractivity contribution in [3.8, 4) is 5.88 Å². The fourth-order valence-electron chi connectivity index (χ4n) is 6.21. The lowest BCUT2D eigenvalue weighted by Crippen LogP contribution is -2.56. The van der Waals surface area contributed by atoms with Crippen molar-refractivity contribution >= 4 is 11.8 Å². The summed E-state index contributed by atoms with van der Waals surface area (Å²) in [5.41, 5.74) is 0.623. The van der Waals surface area contributed by atoms with Gasteiger partial charge in [-0.15, -0.1) is 0 Å². The molecule has 1 aromatic heterocycles. The first-order valence-electron chi connectivity index (χ1n) is 12.6. The number of carbonyl (C=O) groups excluding carboxylic acids is 2. The minimum Gasteiger partial charge on any atom is -0.481 e. The second kappa shape index (κ2) is 9.79. The molecule has 9 heteroatoms. The lowest BCUT2D eigenvalue weighted by Gasteiger charge is -2.41. The molecule has 2 atom stereocenters. The molecule has 5 rings (SSSR count). The van der Waals surface area contributed by atoms with Crippen molar-refractivity contribution in [2.75, 3.05) is 47.0 Å². The number of nitrogens with zero attached hydrogens (tertiary/aromatic N) is 4. The molecule has 0 saturated carbocycles. The standard InChI is InChI=1S/C25H37N5O4/c1-28(19-5-12-34-13-6-19)20-14-21-23(32)27-25(15-22(31)30(21)17-20)7-10-29(11-8-25)16-18-4-3-9-26-24(18)33-2/h3-4,9,19-21H,5-8,10-17H2,1-2H3,(H,27,32)/t20-,21-/m0/s1. The van der Waals surface area contributed by atoms with Crippen LogP contribution in [-0.4, -0.2) is 102 Å². The van der Waals surface area contributed by atoms with Crippen molar-refractivity contribution in [2.24, 2.45) is 0 Å². The maximum absolute atomic E-state index is 13.4. The van der Waals surface area contributed by atoms with Gasteiger partial charge in [-0.05, 0) is 45.2 Å². The predicted molar refractivity (Wildman–Crippen MR) is 126 cm³/mol. The van der Waals surface area contributed by atoms with Crippen LogP contribution in [0.3, 0.4) is 0 Å². The van der Waals surface area contributed by atoms with Crippen LogP contribution in [0, 0.1) is 0 Å². The van der Waals surface area contributed by atoms with Crippen molar-refractivity contribution in [1.29, 1.82) is 0 Å². The van der Waals surface area contributed by atoms with Gasteiger partial charge in [-0.1, -0.05) is 6.07 Å². The number of likely N-dealkylation sites (tertiary alicyclic amines) is 1. The van der Waals surface area contributed by atoms with E-state index in [0.29, 0.717) is 31.3 Å². The van der Waals surface area contributed by atoms with Crippen LogP contribution in [0.15, 0.2) is 18.3 Å². The van der Waals surface area contributed by atoms with E-state index >= 15 is 0 Å². The Morgan fingerprint density at radius 3 is 2.74 bits per heavy atom. The zero-order valence-corrected chi connectivity index (χ0v) is 20.4. The molecule has 9 nitrogen and oxygen atoms in total. The molecule has 4 aliphatic rings. The zero-order chi connectivity index (χ0) is 23.7. The first-order chi connectivity index (χ1) is 16.5. The molecule has 1 spiro atoms. The summed E-state index contributed by atoms with van der Waals surface area (Å²) in [5, 5.41) is 3.34. The number of piperidine rings is 1. The van der Waals surface area contributed by atoms with Crippen molar-refractivity contribution in [3.63, 3.8) is 0 Å². The molecular weight excluding hydrogens is 434 g/mol. The van der Waals surface area contributed by atoms with Gasteiger partial charge in [0.05, 0.1) is 19.1 Å². The largest absolute Gasteiger partial charge is 0.481 e. The molecule has 0 aliphatic carbocycles. The Balaban J connectivity index is 1.20. The maximum atomic E-state index is 13.4. The summed E-state index contributed by atoms with van der Waals surface area (Å²) in [4.78, 5) is 37.6. The van der Waals surface area contributed by atoms with Gasteiger partial charge in [0.1, 0.15) is 6.04 Å². The summed E-state index contributed by atoms with van der Waals surface area (Å²) >= 11 is 0. The summed E-state index contributed by atoms with van der Waals surface area (Å²) in [6, 6.07) is 4.31. The number of pyridine rings is 1. The van der Waals surface area contributed by atoms with Crippen LogP contribution >= 0.6 is 0 Å². The van der Waals surface area contributed by atoms with Gasteiger partial charge < -0.3 is 19.7 Å². The average Bonchev–Trinajstić information content (AvgIpc) is 3.29. The second-order valence-corrected chi connectivity index (χ2v) is 10.4. The van der Waals surface area contributed by atoms with Gasteiger partial charge in [0.2, 0.25) is 17.7 Å². The Hall–Kier alpha value is -2.23. The molecule has 1 aromatic rings. The highest BCUT2D eigenvalue weighted by molar-refractivity contribution is 5.92. The smallest absolute Gasteiger partial charge is 0.243 e. The molecule has 0 bridgehead atoms. The van der Waals surface area contributed by atoms with E-state index in [4.69, 9.17) is 9.47 Å². The third-order valence-electron chi connectivity index (χ3n) is 8.37. The summed E-state index contributed by atoms with van der Waals surface area (Å²) in [6.07, 6.45) is 6.43. The summed E-state index contributed by atoms with van der Waals surface area (Å²) < 4.78 is 10.9. The highest BCUT2D eigenvalue weighted by atomic mass is 16.5. The summed E-state index contributed by atoms with van der Waals surface area (Å²) in [5.74, 6) is 0.798. The monoisotopic (exact) mass is 471 g/mol.